The van der Waals surface area contributed by atoms with Crippen molar-refractivity contribution >= 4 is 5.57 Å². The van der Waals surface area contributed by atoms with Crippen LogP contribution >= 0.6 is 0 Å². The predicted octanol–water partition coefficient (Wildman–Crippen LogP) is 2.83. The second-order valence-electron chi connectivity index (χ2n) is 3.38. The van der Waals surface area contributed by atoms with E-state index in [0.29, 0.717) is 0 Å². The van der Waals surface area contributed by atoms with E-state index in [9.17, 15) is 0 Å². The molecule has 1 rings (SSSR count). The molecule has 1 nitrogen and oxygen atoms in total. The Hall–Kier alpha value is -1.08. The van der Waals surface area contributed by atoms with E-state index in [1.807, 2.05) is 6.07 Å². The fourth-order valence-electron chi connectivity index (χ4n) is 1.47. The van der Waals surface area contributed by atoms with Gasteiger partial charge in [-0.2, -0.15) is 0 Å². The maximum Gasteiger partial charge on any atom is -0.00365 e. The summed E-state index contributed by atoms with van der Waals surface area (Å²) in [4.78, 5) is 0. The third-order valence-electron chi connectivity index (χ3n) is 2.12. The Labute approximate surface area is 80.3 Å². The van der Waals surface area contributed by atoms with Gasteiger partial charge < -0.3 is 5.73 Å². The van der Waals surface area contributed by atoms with E-state index in [-0.39, 0.29) is 0 Å². The molecule has 1 aromatic carbocycles. The lowest BCUT2D eigenvalue weighted by atomic mass is 9.99. The van der Waals surface area contributed by atoms with Crippen molar-refractivity contribution < 1.29 is 0 Å². The Morgan fingerprint density at radius 3 is 2.23 bits per heavy atom. The molecule has 0 aromatic heterocycles. The van der Waals surface area contributed by atoms with E-state index >= 15 is 0 Å². The molecule has 1 aromatic rings. The summed E-state index contributed by atoms with van der Waals surface area (Å²) in [5, 5.41) is 0. The number of nitrogens with two attached hydrogens (primary N) is 1. The van der Waals surface area contributed by atoms with Gasteiger partial charge in [0, 0.05) is 0 Å². The molecule has 0 heterocycles. The van der Waals surface area contributed by atoms with Crippen molar-refractivity contribution in [1.29, 1.82) is 0 Å². The highest BCUT2D eigenvalue weighted by molar-refractivity contribution is 5.67. The van der Waals surface area contributed by atoms with Gasteiger partial charge in [-0.15, -0.1) is 0 Å². The average molecular weight is 175 g/mol. The van der Waals surface area contributed by atoms with Crippen molar-refractivity contribution in [3.63, 3.8) is 0 Å². The lowest BCUT2D eigenvalue weighted by molar-refractivity contribution is 1.01. The van der Waals surface area contributed by atoms with Gasteiger partial charge >= 0.3 is 0 Å². The van der Waals surface area contributed by atoms with E-state index in [2.05, 4.69) is 38.1 Å². The minimum absolute atomic E-state index is 0.718. The molecule has 0 fully saturated rings. The SMILES string of the molecule is CC(C)=C(CCN)c1ccccc1. The molecule has 0 saturated carbocycles. The molecule has 0 atom stereocenters. The van der Waals surface area contributed by atoms with Crippen molar-refractivity contribution in [2.75, 3.05) is 6.54 Å². The molecule has 2 N–H and O–H groups in total. The molecular formula is C12H17N. The standard InChI is InChI=1S/C12H17N/c1-10(2)12(8-9-13)11-6-4-3-5-7-11/h3-7H,8-9,13H2,1-2H3. The van der Waals surface area contributed by atoms with Crippen LogP contribution in [0.2, 0.25) is 0 Å². The minimum atomic E-state index is 0.718. The molecule has 0 radical (unpaired) electrons. The molecule has 0 amide bonds. The van der Waals surface area contributed by atoms with Gasteiger partial charge in [0.25, 0.3) is 0 Å². The largest absolute Gasteiger partial charge is 0.330 e. The normalized spacial score (nSPS) is 9.77. The number of allylic oxidation sites excluding steroid dienone is 1. The molecule has 0 unspecified atom stereocenters. The van der Waals surface area contributed by atoms with E-state index in [1.165, 1.54) is 16.7 Å². The molecule has 0 saturated heterocycles. The van der Waals surface area contributed by atoms with Crippen LogP contribution in [0, 0.1) is 0 Å². The van der Waals surface area contributed by atoms with Gasteiger partial charge in [-0.25, -0.2) is 0 Å². The lowest BCUT2D eigenvalue weighted by Gasteiger charge is -2.08. The Morgan fingerprint density at radius 2 is 1.77 bits per heavy atom. The van der Waals surface area contributed by atoms with Crippen molar-refractivity contribution in [3.05, 3.63) is 41.5 Å². The van der Waals surface area contributed by atoms with Crippen molar-refractivity contribution in [1.82, 2.24) is 0 Å². The van der Waals surface area contributed by atoms with Crippen LogP contribution < -0.4 is 5.73 Å². The smallest absolute Gasteiger partial charge is 0.00365 e. The first-order valence-electron chi connectivity index (χ1n) is 4.67. The summed E-state index contributed by atoms with van der Waals surface area (Å²) in [6.07, 6.45) is 0.965. The highest BCUT2D eigenvalue weighted by Gasteiger charge is 2.00. The summed E-state index contributed by atoms with van der Waals surface area (Å²) in [5.74, 6) is 0. The summed E-state index contributed by atoms with van der Waals surface area (Å²) in [6.45, 7) is 4.99. The van der Waals surface area contributed by atoms with Crippen molar-refractivity contribution in [2.45, 2.75) is 20.3 Å². The molecule has 0 bridgehead atoms. The van der Waals surface area contributed by atoms with Gasteiger partial charge in [-0.3, -0.25) is 0 Å². The van der Waals surface area contributed by atoms with E-state index in [1.54, 1.807) is 0 Å². The first-order chi connectivity index (χ1) is 6.25. The van der Waals surface area contributed by atoms with Crippen molar-refractivity contribution in [2.24, 2.45) is 5.73 Å². The van der Waals surface area contributed by atoms with Crippen LogP contribution in [0.5, 0.6) is 0 Å². The molecular weight excluding hydrogens is 158 g/mol. The summed E-state index contributed by atoms with van der Waals surface area (Å²) in [5.41, 5.74) is 9.61. The van der Waals surface area contributed by atoms with Crippen LogP contribution in [0.25, 0.3) is 5.57 Å². The maximum atomic E-state index is 5.57. The van der Waals surface area contributed by atoms with Crippen LogP contribution in [-0.2, 0) is 0 Å². The highest BCUT2D eigenvalue weighted by atomic mass is 14.5. The average Bonchev–Trinajstić information content (AvgIpc) is 2.15. The van der Waals surface area contributed by atoms with E-state index in [4.69, 9.17) is 5.73 Å². The monoisotopic (exact) mass is 175 g/mol. The highest BCUT2D eigenvalue weighted by Crippen LogP contribution is 2.20. The number of hydrogen-bond donors (Lipinski definition) is 1. The topological polar surface area (TPSA) is 26.0 Å². The van der Waals surface area contributed by atoms with Crippen LogP contribution in [0.4, 0.5) is 0 Å². The van der Waals surface area contributed by atoms with E-state index in [0.717, 1.165) is 13.0 Å². The first kappa shape index (κ1) is 10.0. The Balaban J connectivity index is 2.97. The number of rotatable bonds is 3. The second-order valence-corrected chi connectivity index (χ2v) is 3.38. The molecule has 13 heavy (non-hydrogen) atoms. The van der Waals surface area contributed by atoms with Crippen LogP contribution in [-0.4, -0.2) is 6.54 Å². The quantitative estimate of drug-likeness (QED) is 0.751. The van der Waals surface area contributed by atoms with Gasteiger partial charge in [0.2, 0.25) is 0 Å². The van der Waals surface area contributed by atoms with Crippen LogP contribution in [0.1, 0.15) is 25.8 Å². The summed E-state index contributed by atoms with van der Waals surface area (Å²) >= 11 is 0. The van der Waals surface area contributed by atoms with E-state index < -0.39 is 0 Å². The third kappa shape index (κ3) is 2.71. The molecule has 0 aliphatic rings. The van der Waals surface area contributed by atoms with Gasteiger partial charge in [-0.1, -0.05) is 35.9 Å². The number of benzene rings is 1. The zero-order valence-corrected chi connectivity index (χ0v) is 8.38. The third-order valence-corrected chi connectivity index (χ3v) is 2.12. The summed E-state index contributed by atoms with van der Waals surface area (Å²) in [6, 6.07) is 10.4. The first-order valence-corrected chi connectivity index (χ1v) is 4.67. The Bertz CT molecular complexity index is 281. The fraction of sp³-hybridized carbons (Fsp3) is 0.333. The summed E-state index contributed by atoms with van der Waals surface area (Å²) < 4.78 is 0. The predicted molar refractivity (Wildman–Crippen MR) is 58.4 cm³/mol. The Kier molecular flexibility index (Phi) is 3.71. The van der Waals surface area contributed by atoms with Crippen molar-refractivity contribution in [3.8, 4) is 0 Å². The maximum absolute atomic E-state index is 5.57. The molecule has 0 aliphatic carbocycles. The zero-order chi connectivity index (χ0) is 9.68. The summed E-state index contributed by atoms with van der Waals surface area (Å²) in [7, 11) is 0. The molecule has 70 valence electrons. The zero-order valence-electron chi connectivity index (χ0n) is 8.38. The molecule has 0 aliphatic heterocycles. The second kappa shape index (κ2) is 4.83. The van der Waals surface area contributed by atoms with Gasteiger partial charge in [0.15, 0.2) is 0 Å². The molecule has 1 heteroatoms. The Morgan fingerprint density at radius 1 is 1.15 bits per heavy atom. The van der Waals surface area contributed by atoms with Crippen LogP contribution in [0.15, 0.2) is 35.9 Å². The lowest BCUT2D eigenvalue weighted by Crippen LogP contribution is -2.00. The van der Waals surface area contributed by atoms with Gasteiger partial charge in [-0.05, 0) is 37.9 Å². The van der Waals surface area contributed by atoms with Gasteiger partial charge in [0.1, 0.15) is 0 Å². The minimum Gasteiger partial charge on any atom is -0.330 e. The fourth-order valence-corrected chi connectivity index (χ4v) is 1.47. The molecule has 0 spiro atoms. The number of hydrogen-bond acceptors (Lipinski definition) is 1. The van der Waals surface area contributed by atoms with Gasteiger partial charge in [0.05, 0.1) is 0 Å². The van der Waals surface area contributed by atoms with Crippen LogP contribution in [0.3, 0.4) is 0 Å².